The molecule has 0 unspecified atom stereocenters. The summed E-state index contributed by atoms with van der Waals surface area (Å²) in [4.78, 5) is 10.4. The monoisotopic (exact) mass is 239 g/mol. The Labute approximate surface area is 68.5 Å². The van der Waals surface area contributed by atoms with Crippen molar-refractivity contribution in [2.75, 3.05) is 13.1 Å². The Morgan fingerprint density at radius 3 is 2.33 bits per heavy atom. The second-order valence-electron chi connectivity index (χ2n) is 2.40. The van der Waals surface area contributed by atoms with E-state index in [1.807, 2.05) is 0 Å². The molecular weight excluding hydrogens is 229 g/mol. The van der Waals surface area contributed by atoms with Crippen LogP contribution in [0.25, 0.3) is 0 Å². The number of nitrogens with one attached hydrogen (secondary N) is 1. The van der Waals surface area contributed by atoms with Crippen molar-refractivity contribution in [2.45, 2.75) is 16.3 Å². The van der Waals surface area contributed by atoms with Crippen molar-refractivity contribution in [1.29, 1.82) is 0 Å². The van der Waals surface area contributed by atoms with Crippen molar-refractivity contribution < 1.29 is 4.79 Å². The number of piperidine rings is 1. The number of halogens is 1. The molecule has 0 amide bonds. The zero-order valence-electron chi connectivity index (χ0n) is 5.19. The molecule has 0 aromatic carbocycles. The van der Waals surface area contributed by atoms with Gasteiger partial charge in [0.25, 0.3) is 0 Å². The number of hydrogen-bond acceptors (Lipinski definition) is 2. The average molecular weight is 239 g/mol. The van der Waals surface area contributed by atoms with Crippen molar-refractivity contribution in [3.05, 3.63) is 0 Å². The van der Waals surface area contributed by atoms with E-state index in [9.17, 15) is 4.79 Å². The molecule has 1 rings (SSSR count). The summed E-state index contributed by atoms with van der Waals surface area (Å²) < 4.78 is -0.0526. The van der Waals surface area contributed by atoms with E-state index in [-0.39, 0.29) is 3.42 Å². The third-order valence-electron chi connectivity index (χ3n) is 1.65. The van der Waals surface area contributed by atoms with E-state index < -0.39 is 0 Å². The highest BCUT2D eigenvalue weighted by atomic mass is 127. The largest absolute Gasteiger partial charge is 0.317 e. The molecule has 0 bridgehead atoms. The van der Waals surface area contributed by atoms with Gasteiger partial charge in [-0.05, 0) is 25.9 Å². The molecule has 1 heterocycles. The topological polar surface area (TPSA) is 29.1 Å². The zero-order chi connectivity index (χ0) is 6.74. The van der Waals surface area contributed by atoms with E-state index >= 15 is 0 Å². The smallest absolute Gasteiger partial charge is 0.135 e. The molecule has 1 aliphatic rings. The van der Waals surface area contributed by atoms with E-state index in [0.29, 0.717) is 0 Å². The lowest BCUT2D eigenvalue weighted by Gasteiger charge is -2.25. The number of aldehydes is 1. The summed E-state index contributed by atoms with van der Waals surface area (Å²) in [5.74, 6) is 0. The van der Waals surface area contributed by atoms with Gasteiger partial charge in [0, 0.05) is 0 Å². The Balaban J connectivity index is 2.46. The molecule has 0 radical (unpaired) electrons. The van der Waals surface area contributed by atoms with Gasteiger partial charge in [0.15, 0.2) is 0 Å². The van der Waals surface area contributed by atoms with Crippen LogP contribution >= 0.6 is 22.6 Å². The van der Waals surface area contributed by atoms with Gasteiger partial charge < -0.3 is 10.1 Å². The van der Waals surface area contributed by atoms with Gasteiger partial charge in [-0.15, -0.1) is 0 Å². The summed E-state index contributed by atoms with van der Waals surface area (Å²) in [5.41, 5.74) is 0. The van der Waals surface area contributed by atoms with Crippen LogP contribution in [0.3, 0.4) is 0 Å². The predicted octanol–water partition coefficient (Wildman–Crippen LogP) is 0.742. The molecule has 52 valence electrons. The number of alkyl halides is 1. The molecular formula is C6H10INO. The highest BCUT2D eigenvalue weighted by Crippen LogP contribution is 2.26. The van der Waals surface area contributed by atoms with Crippen molar-refractivity contribution in [3.63, 3.8) is 0 Å². The first kappa shape index (κ1) is 7.47. The molecule has 0 aliphatic carbocycles. The van der Waals surface area contributed by atoms with Crippen molar-refractivity contribution >= 4 is 28.9 Å². The summed E-state index contributed by atoms with van der Waals surface area (Å²) in [6.45, 7) is 1.98. The molecule has 0 aromatic heterocycles. The summed E-state index contributed by atoms with van der Waals surface area (Å²) in [6.07, 6.45) is 3.04. The van der Waals surface area contributed by atoms with E-state index in [4.69, 9.17) is 0 Å². The van der Waals surface area contributed by atoms with Gasteiger partial charge in [-0.1, -0.05) is 22.6 Å². The van der Waals surface area contributed by atoms with E-state index in [2.05, 4.69) is 27.9 Å². The van der Waals surface area contributed by atoms with Gasteiger partial charge >= 0.3 is 0 Å². The van der Waals surface area contributed by atoms with Gasteiger partial charge in [-0.3, -0.25) is 0 Å². The molecule has 2 nitrogen and oxygen atoms in total. The molecule has 0 atom stereocenters. The fraction of sp³-hybridized carbons (Fsp3) is 0.833. The van der Waals surface area contributed by atoms with E-state index in [0.717, 1.165) is 32.2 Å². The first-order valence-corrected chi connectivity index (χ1v) is 4.21. The molecule has 1 N–H and O–H groups in total. The molecule has 1 fully saturated rings. The van der Waals surface area contributed by atoms with Crippen LogP contribution in [0.1, 0.15) is 12.8 Å². The third kappa shape index (κ3) is 1.89. The Kier molecular flexibility index (Phi) is 2.46. The second kappa shape index (κ2) is 2.96. The third-order valence-corrected chi connectivity index (χ3v) is 2.98. The fourth-order valence-electron chi connectivity index (χ4n) is 0.960. The second-order valence-corrected chi connectivity index (χ2v) is 4.55. The minimum Gasteiger partial charge on any atom is -0.317 e. The van der Waals surface area contributed by atoms with Crippen molar-refractivity contribution in [3.8, 4) is 0 Å². The Bertz CT molecular complexity index is 110. The lowest BCUT2D eigenvalue weighted by molar-refractivity contribution is -0.109. The standard InChI is InChI=1S/C6H10INO/c7-6(5-9)1-3-8-4-2-6/h5,8H,1-4H2. The van der Waals surface area contributed by atoms with Crippen LogP contribution in [-0.2, 0) is 4.79 Å². The van der Waals surface area contributed by atoms with Crippen LogP contribution in [0.2, 0.25) is 0 Å². The minimum absolute atomic E-state index is 0.0526. The summed E-state index contributed by atoms with van der Waals surface area (Å²) in [6, 6.07) is 0. The highest BCUT2D eigenvalue weighted by molar-refractivity contribution is 14.1. The van der Waals surface area contributed by atoms with E-state index in [1.54, 1.807) is 0 Å². The highest BCUT2D eigenvalue weighted by Gasteiger charge is 2.27. The van der Waals surface area contributed by atoms with Crippen LogP contribution in [0.15, 0.2) is 0 Å². The van der Waals surface area contributed by atoms with Gasteiger partial charge in [0.05, 0.1) is 3.42 Å². The molecule has 0 aromatic rings. The lowest BCUT2D eigenvalue weighted by atomic mass is 10.0. The Morgan fingerprint density at radius 1 is 1.44 bits per heavy atom. The number of hydrogen-bond donors (Lipinski definition) is 1. The lowest BCUT2D eigenvalue weighted by Crippen LogP contribution is -2.38. The van der Waals surface area contributed by atoms with Crippen LogP contribution in [0.5, 0.6) is 0 Å². The van der Waals surface area contributed by atoms with Crippen molar-refractivity contribution in [2.24, 2.45) is 0 Å². The molecule has 0 saturated carbocycles. The van der Waals surface area contributed by atoms with Gasteiger partial charge in [0.1, 0.15) is 6.29 Å². The molecule has 1 saturated heterocycles. The number of carbonyl (C=O) groups is 1. The molecule has 3 heteroatoms. The zero-order valence-corrected chi connectivity index (χ0v) is 7.35. The van der Waals surface area contributed by atoms with Crippen LogP contribution < -0.4 is 5.32 Å². The first-order valence-electron chi connectivity index (χ1n) is 3.13. The van der Waals surface area contributed by atoms with Gasteiger partial charge in [0.2, 0.25) is 0 Å². The normalized spacial score (nSPS) is 25.4. The van der Waals surface area contributed by atoms with Gasteiger partial charge in [-0.25, -0.2) is 0 Å². The van der Waals surface area contributed by atoms with Crippen LogP contribution in [0.4, 0.5) is 0 Å². The Morgan fingerprint density at radius 2 is 2.00 bits per heavy atom. The average Bonchev–Trinajstić information content (AvgIpc) is 1.90. The van der Waals surface area contributed by atoms with E-state index in [1.165, 1.54) is 0 Å². The molecule has 1 aliphatic heterocycles. The minimum atomic E-state index is -0.0526. The first-order chi connectivity index (χ1) is 4.27. The fourth-order valence-corrected chi connectivity index (χ4v) is 1.50. The maximum atomic E-state index is 10.4. The molecule has 9 heavy (non-hydrogen) atoms. The maximum absolute atomic E-state index is 10.4. The summed E-state index contributed by atoms with van der Waals surface area (Å²) in [5, 5.41) is 3.21. The molecule has 0 spiro atoms. The van der Waals surface area contributed by atoms with Crippen LogP contribution in [0, 0.1) is 0 Å². The van der Waals surface area contributed by atoms with Gasteiger partial charge in [-0.2, -0.15) is 0 Å². The maximum Gasteiger partial charge on any atom is 0.135 e. The SMILES string of the molecule is O=CC1(I)CCNCC1. The van der Waals surface area contributed by atoms with Crippen LogP contribution in [-0.4, -0.2) is 22.8 Å². The number of rotatable bonds is 1. The predicted molar refractivity (Wildman–Crippen MR) is 44.9 cm³/mol. The Hall–Kier alpha value is 0.360. The quantitative estimate of drug-likeness (QED) is 0.415. The summed E-state index contributed by atoms with van der Waals surface area (Å²) >= 11 is 2.25. The number of carbonyl (C=O) groups excluding carboxylic acids is 1. The summed E-state index contributed by atoms with van der Waals surface area (Å²) in [7, 11) is 0. The van der Waals surface area contributed by atoms with Crippen molar-refractivity contribution in [1.82, 2.24) is 5.32 Å².